The zero-order chi connectivity index (χ0) is 15.1. The van der Waals surface area contributed by atoms with Gasteiger partial charge in [-0.2, -0.15) is 0 Å². The van der Waals surface area contributed by atoms with Gasteiger partial charge in [0.05, 0.1) is 13.7 Å². The van der Waals surface area contributed by atoms with Crippen LogP contribution in [0.3, 0.4) is 0 Å². The normalized spacial score (nSPS) is 25.6. The van der Waals surface area contributed by atoms with Crippen LogP contribution in [0.25, 0.3) is 0 Å². The van der Waals surface area contributed by atoms with Gasteiger partial charge < -0.3 is 14.8 Å². The highest BCUT2D eigenvalue weighted by molar-refractivity contribution is 5.39. The van der Waals surface area contributed by atoms with E-state index in [-0.39, 0.29) is 0 Å². The van der Waals surface area contributed by atoms with Gasteiger partial charge in [-0.25, -0.2) is 0 Å². The van der Waals surface area contributed by atoms with Crippen molar-refractivity contribution in [2.75, 3.05) is 20.8 Å². The number of benzene rings is 1. The summed E-state index contributed by atoms with van der Waals surface area (Å²) in [7, 11) is 3.78. The van der Waals surface area contributed by atoms with Crippen LogP contribution < -0.4 is 14.8 Å². The molecule has 1 aromatic carbocycles. The maximum absolute atomic E-state index is 5.94. The molecule has 0 spiro atoms. The predicted octanol–water partition coefficient (Wildman–Crippen LogP) is 3.88. The molecule has 3 unspecified atom stereocenters. The maximum Gasteiger partial charge on any atom is 0.161 e. The average Bonchev–Trinajstić information content (AvgIpc) is 2.55. The topological polar surface area (TPSA) is 30.5 Å². The minimum absolute atomic E-state index is 0.647. The first-order valence-corrected chi connectivity index (χ1v) is 8.21. The molecule has 3 atom stereocenters. The van der Waals surface area contributed by atoms with E-state index in [0.29, 0.717) is 6.04 Å². The van der Waals surface area contributed by atoms with Crippen molar-refractivity contribution in [3.8, 4) is 11.5 Å². The summed E-state index contributed by atoms with van der Waals surface area (Å²) in [6, 6.07) is 8.52. The van der Waals surface area contributed by atoms with Crippen LogP contribution in [-0.2, 0) is 0 Å². The van der Waals surface area contributed by atoms with Crippen molar-refractivity contribution in [3.63, 3.8) is 0 Å². The lowest BCUT2D eigenvalue weighted by molar-refractivity contribution is 0.167. The number of hydrogen-bond acceptors (Lipinski definition) is 3. The van der Waals surface area contributed by atoms with Crippen LogP contribution >= 0.6 is 0 Å². The minimum atomic E-state index is 0.647. The van der Waals surface area contributed by atoms with Gasteiger partial charge in [-0.1, -0.05) is 25.5 Å². The lowest BCUT2D eigenvalue weighted by Gasteiger charge is -2.35. The summed E-state index contributed by atoms with van der Waals surface area (Å²) in [5, 5.41) is 3.49. The number of methoxy groups -OCH3 is 1. The molecule has 0 heterocycles. The fourth-order valence-electron chi connectivity index (χ4n) is 3.49. The minimum Gasteiger partial charge on any atom is -0.493 e. The highest BCUT2D eigenvalue weighted by Crippen LogP contribution is 2.33. The third-order valence-electron chi connectivity index (χ3n) is 4.85. The van der Waals surface area contributed by atoms with E-state index >= 15 is 0 Å². The van der Waals surface area contributed by atoms with Crippen molar-refractivity contribution >= 4 is 0 Å². The Morgan fingerprint density at radius 1 is 1.19 bits per heavy atom. The fraction of sp³-hybridized carbons (Fsp3) is 0.667. The van der Waals surface area contributed by atoms with E-state index in [1.165, 1.54) is 25.7 Å². The molecule has 1 fully saturated rings. The molecule has 1 N–H and O–H groups in total. The largest absolute Gasteiger partial charge is 0.493 e. The summed E-state index contributed by atoms with van der Waals surface area (Å²) in [5.41, 5.74) is 0. The van der Waals surface area contributed by atoms with Gasteiger partial charge in [0.15, 0.2) is 11.5 Å². The first kappa shape index (κ1) is 16.2. The predicted molar refractivity (Wildman–Crippen MR) is 87.1 cm³/mol. The van der Waals surface area contributed by atoms with Crippen LogP contribution in [0.5, 0.6) is 11.5 Å². The Bertz CT molecular complexity index is 421. The summed E-state index contributed by atoms with van der Waals surface area (Å²) in [5.74, 6) is 3.29. The Labute approximate surface area is 129 Å². The second-order valence-electron chi connectivity index (χ2n) is 6.03. The highest BCUT2D eigenvalue weighted by Gasteiger charge is 2.28. The van der Waals surface area contributed by atoms with Crippen LogP contribution in [0, 0.1) is 11.8 Å². The van der Waals surface area contributed by atoms with Crippen LogP contribution in [-0.4, -0.2) is 26.8 Å². The molecule has 0 aromatic heterocycles. The maximum atomic E-state index is 5.94. The zero-order valence-electron chi connectivity index (χ0n) is 13.6. The first-order chi connectivity index (χ1) is 10.3. The Morgan fingerprint density at radius 3 is 2.62 bits per heavy atom. The molecule has 0 radical (unpaired) electrons. The van der Waals surface area contributed by atoms with E-state index in [4.69, 9.17) is 9.47 Å². The smallest absolute Gasteiger partial charge is 0.161 e. The third kappa shape index (κ3) is 4.37. The molecule has 0 saturated heterocycles. The lowest BCUT2D eigenvalue weighted by atomic mass is 9.75. The molecule has 1 aromatic rings. The number of nitrogens with one attached hydrogen (secondary N) is 1. The van der Waals surface area contributed by atoms with Crippen molar-refractivity contribution < 1.29 is 9.47 Å². The van der Waals surface area contributed by atoms with E-state index < -0.39 is 0 Å². The standard InChI is InChI=1S/C18H29NO2/c1-4-14-9-10-16(19-2)15(13-14)11-12-21-18-8-6-5-7-17(18)20-3/h5-8,14-16,19H,4,9-13H2,1-3H3. The highest BCUT2D eigenvalue weighted by atomic mass is 16.5. The van der Waals surface area contributed by atoms with Gasteiger partial charge in [0.2, 0.25) is 0 Å². The van der Waals surface area contributed by atoms with E-state index in [1.807, 2.05) is 24.3 Å². The van der Waals surface area contributed by atoms with Crippen LogP contribution in [0.2, 0.25) is 0 Å². The van der Waals surface area contributed by atoms with Crippen LogP contribution in [0.15, 0.2) is 24.3 Å². The SMILES string of the molecule is CCC1CCC(NC)C(CCOc2ccccc2OC)C1. The van der Waals surface area contributed by atoms with Crippen molar-refractivity contribution in [1.82, 2.24) is 5.32 Å². The van der Waals surface area contributed by atoms with Gasteiger partial charge >= 0.3 is 0 Å². The van der Waals surface area contributed by atoms with Gasteiger partial charge in [0.25, 0.3) is 0 Å². The summed E-state index contributed by atoms with van der Waals surface area (Å²) >= 11 is 0. The van der Waals surface area contributed by atoms with Crippen LogP contribution in [0.1, 0.15) is 39.0 Å². The number of ether oxygens (including phenoxy) is 2. The van der Waals surface area contributed by atoms with Crippen molar-refractivity contribution in [2.45, 2.75) is 45.1 Å². The Kier molecular flexibility index (Phi) is 6.37. The average molecular weight is 291 g/mol. The molecule has 1 aliphatic carbocycles. The monoisotopic (exact) mass is 291 g/mol. The Balaban J connectivity index is 1.86. The summed E-state index contributed by atoms with van der Waals surface area (Å²) in [6.07, 6.45) is 6.41. The molecule has 0 bridgehead atoms. The zero-order valence-corrected chi connectivity index (χ0v) is 13.6. The summed E-state index contributed by atoms with van der Waals surface area (Å²) < 4.78 is 11.3. The van der Waals surface area contributed by atoms with Gasteiger partial charge in [-0.05, 0) is 56.7 Å². The van der Waals surface area contributed by atoms with Gasteiger partial charge in [0.1, 0.15) is 0 Å². The molecule has 2 rings (SSSR count). The van der Waals surface area contributed by atoms with Crippen LogP contribution in [0.4, 0.5) is 0 Å². The quantitative estimate of drug-likeness (QED) is 0.827. The molecule has 1 aliphatic rings. The first-order valence-electron chi connectivity index (χ1n) is 8.21. The number of para-hydroxylation sites is 2. The second kappa shape index (κ2) is 8.28. The molecule has 0 amide bonds. The van der Waals surface area contributed by atoms with Crippen molar-refractivity contribution in [2.24, 2.45) is 11.8 Å². The molecule has 0 aliphatic heterocycles. The van der Waals surface area contributed by atoms with Crippen molar-refractivity contribution in [3.05, 3.63) is 24.3 Å². The number of hydrogen-bond donors (Lipinski definition) is 1. The Morgan fingerprint density at radius 2 is 1.95 bits per heavy atom. The fourth-order valence-corrected chi connectivity index (χ4v) is 3.49. The van der Waals surface area contributed by atoms with Gasteiger partial charge in [-0.3, -0.25) is 0 Å². The van der Waals surface area contributed by atoms with E-state index in [9.17, 15) is 0 Å². The molecular formula is C18H29NO2. The van der Waals surface area contributed by atoms with E-state index in [1.54, 1.807) is 7.11 Å². The summed E-state index contributed by atoms with van der Waals surface area (Å²) in [6.45, 7) is 3.08. The Hall–Kier alpha value is -1.22. The second-order valence-corrected chi connectivity index (χ2v) is 6.03. The molecule has 3 heteroatoms. The molecule has 3 nitrogen and oxygen atoms in total. The van der Waals surface area contributed by atoms with E-state index in [0.717, 1.165) is 36.4 Å². The van der Waals surface area contributed by atoms with Gasteiger partial charge in [-0.15, -0.1) is 0 Å². The van der Waals surface area contributed by atoms with Crippen molar-refractivity contribution in [1.29, 1.82) is 0 Å². The molecular weight excluding hydrogens is 262 g/mol. The molecule has 1 saturated carbocycles. The molecule has 118 valence electrons. The van der Waals surface area contributed by atoms with E-state index in [2.05, 4.69) is 19.3 Å². The van der Waals surface area contributed by atoms with Gasteiger partial charge in [0, 0.05) is 6.04 Å². The lowest BCUT2D eigenvalue weighted by Crippen LogP contribution is -2.39. The number of rotatable bonds is 7. The third-order valence-corrected chi connectivity index (χ3v) is 4.85. The molecule has 21 heavy (non-hydrogen) atoms. The summed E-state index contributed by atoms with van der Waals surface area (Å²) in [4.78, 5) is 0.